The molecule has 1 saturated carbocycles. The van der Waals surface area contributed by atoms with Crippen LogP contribution in [0.5, 0.6) is 0 Å². The Kier molecular flexibility index (Phi) is 4.62. The largest absolute Gasteiger partial charge is 0.395 e. The van der Waals surface area contributed by atoms with Crippen LogP contribution in [0.1, 0.15) is 38.5 Å². The zero-order valence-corrected chi connectivity index (χ0v) is 10.5. The molecule has 3 unspecified atom stereocenters. The van der Waals surface area contributed by atoms with Crippen molar-refractivity contribution in [3.8, 4) is 0 Å². The SMILES string of the molecule is CNC1CCCC1CN1CCCCC1CO. The van der Waals surface area contributed by atoms with E-state index in [-0.39, 0.29) is 0 Å². The first-order chi connectivity index (χ1) is 7.85. The lowest BCUT2D eigenvalue weighted by Gasteiger charge is -2.37. The fourth-order valence-electron chi connectivity index (χ4n) is 3.44. The van der Waals surface area contributed by atoms with Crippen LogP contribution in [-0.4, -0.2) is 48.8 Å². The molecule has 1 saturated heterocycles. The molecule has 0 aromatic rings. The molecule has 0 radical (unpaired) electrons. The normalized spacial score (nSPS) is 36.8. The first kappa shape index (κ1) is 12.3. The van der Waals surface area contributed by atoms with Gasteiger partial charge in [-0.1, -0.05) is 12.8 Å². The standard InChI is InChI=1S/C13H26N2O/c1-14-13-7-4-5-11(13)9-15-8-3-2-6-12(15)10-16/h11-14,16H,2-10H2,1H3. The highest BCUT2D eigenvalue weighted by Gasteiger charge is 2.30. The molecule has 16 heavy (non-hydrogen) atoms. The summed E-state index contributed by atoms with van der Waals surface area (Å²) < 4.78 is 0. The predicted molar refractivity (Wildman–Crippen MR) is 66.5 cm³/mol. The molecule has 1 heterocycles. The molecule has 0 aromatic heterocycles. The second-order valence-corrected chi connectivity index (χ2v) is 5.41. The predicted octanol–water partition coefficient (Wildman–Crippen LogP) is 1.22. The number of nitrogens with one attached hydrogen (secondary N) is 1. The molecule has 2 rings (SSSR count). The van der Waals surface area contributed by atoms with Crippen LogP contribution in [0.25, 0.3) is 0 Å². The zero-order chi connectivity index (χ0) is 11.4. The Morgan fingerprint density at radius 2 is 2.06 bits per heavy atom. The zero-order valence-electron chi connectivity index (χ0n) is 10.5. The van der Waals surface area contributed by atoms with Gasteiger partial charge in [0.25, 0.3) is 0 Å². The second-order valence-electron chi connectivity index (χ2n) is 5.41. The van der Waals surface area contributed by atoms with Crippen molar-refractivity contribution in [3.63, 3.8) is 0 Å². The summed E-state index contributed by atoms with van der Waals surface area (Å²) in [5.74, 6) is 0.803. The van der Waals surface area contributed by atoms with Crippen molar-refractivity contribution < 1.29 is 5.11 Å². The van der Waals surface area contributed by atoms with Gasteiger partial charge in [0.1, 0.15) is 0 Å². The van der Waals surface area contributed by atoms with Gasteiger partial charge < -0.3 is 10.4 Å². The maximum absolute atomic E-state index is 9.40. The van der Waals surface area contributed by atoms with Crippen LogP contribution in [0, 0.1) is 5.92 Å². The third kappa shape index (κ3) is 2.76. The lowest BCUT2D eigenvalue weighted by atomic mass is 9.97. The van der Waals surface area contributed by atoms with Gasteiger partial charge in [0.05, 0.1) is 6.61 Å². The first-order valence-electron chi connectivity index (χ1n) is 6.87. The van der Waals surface area contributed by atoms with Gasteiger partial charge in [-0.3, -0.25) is 4.90 Å². The van der Waals surface area contributed by atoms with Gasteiger partial charge in [-0.05, 0) is 45.2 Å². The summed E-state index contributed by atoms with van der Waals surface area (Å²) in [5, 5.41) is 12.8. The van der Waals surface area contributed by atoms with Gasteiger partial charge in [-0.25, -0.2) is 0 Å². The number of aliphatic hydroxyl groups excluding tert-OH is 1. The van der Waals surface area contributed by atoms with E-state index in [1.165, 1.54) is 51.6 Å². The van der Waals surface area contributed by atoms with Gasteiger partial charge in [-0.2, -0.15) is 0 Å². The van der Waals surface area contributed by atoms with Crippen LogP contribution >= 0.6 is 0 Å². The monoisotopic (exact) mass is 226 g/mol. The van der Waals surface area contributed by atoms with Crippen molar-refractivity contribution >= 4 is 0 Å². The molecular weight excluding hydrogens is 200 g/mol. The van der Waals surface area contributed by atoms with E-state index in [9.17, 15) is 5.11 Å². The lowest BCUT2D eigenvalue weighted by molar-refractivity contribution is 0.0731. The Hall–Kier alpha value is -0.120. The first-order valence-corrected chi connectivity index (χ1v) is 6.87. The fraction of sp³-hybridized carbons (Fsp3) is 1.00. The van der Waals surface area contributed by atoms with Crippen molar-refractivity contribution in [2.45, 2.75) is 50.6 Å². The molecular formula is C13H26N2O. The minimum atomic E-state index is 0.344. The molecule has 1 aliphatic heterocycles. The molecule has 0 aromatic carbocycles. The van der Waals surface area contributed by atoms with E-state index in [1.54, 1.807) is 0 Å². The van der Waals surface area contributed by atoms with E-state index in [2.05, 4.69) is 17.3 Å². The van der Waals surface area contributed by atoms with Crippen molar-refractivity contribution in [1.29, 1.82) is 0 Å². The minimum absolute atomic E-state index is 0.344. The summed E-state index contributed by atoms with van der Waals surface area (Å²) >= 11 is 0. The highest BCUT2D eigenvalue weighted by atomic mass is 16.3. The summed E-state index contributed by atoms with van der Waals surface area (Å²) in [6.45, 7) is 2.73. The Morgan fingerprint density at radius 3 is 2.81 bits per heavy atom. The Labute approximate surface area is 99.2 Å². The maximum atomic E-state index is 9.40. The molecule has 3 heteroatoms. The summed E-state index contributed by atoms with van der Waals surface area (Å²) in [4.78, 5) is 2.53. The average Bonchev–Trinajstić information content (AvgIpc) is 2.77. The van der Waals surface area contributed by atoms with E-state index in [4.69, 9.17) is 0 Å². The number of likely N-dealkylation sites (tertiary alicyclic amines) is 1. The average molecular weight is 226 g/mol. The van der Waals surface area contributed by atoms with E-state index in [0.717, 1.165) is 5.92 Å². The van der Waals surface area contributed by atoms with Gasteiger partial charge in [0, 0.05) is 18.6 Å². The van der Waals surface area contributed by atoms with Gasteiger partial charge >= 0.3 is 0 Å². The molecule has 2 fully saturated rings. The van der Waals surface area contributed by atoms with E-state index in [0.29, 0.717) is 18.7 Å². The third-order valence-corrected chi connectivity index (χ3v) is 4.46. The van der Waals surface area contributed by atoms with Gasteiger partial charge in [0.2, 0.25) is 0 Å². The van der Waals surface area contributed by atoms with Crippen LogP contribution < -0.4 is 5.32 Å². The highest BCUT2D eigenvalue weighted by molar-refractivity contribution is 4.87. The molecule has 2 aliphatic rings. The molecule has 0 spiro atoms. The minimum Gasteiger partial charge on any atom is -0.395 e. The smallest absolute Gasteiger partial charge is 0.0586 e. The van der Waals surface area contributed by atoms with Gasteiger partial charge in [0.15, 0.2) is 0 Å². The van der Waals surface area contributed by atoms with E-state index >= 15 is 0 Å². The quantitative estimate of drug-likeness (QED) is 0.756. The number of rotatable bonds is 4. The number of hydrogen-bond acceptors (Lipinski definition) is 3. The summed E-state index contributed by atoms with van der Waals surface area (Å²) in [5.41, 5.74) is 0. The van der Waals surface area contributed by atoms with E-state index < -0.39 is 0 Å². The topological polar surface area (TPSA) is 35.5 Å². The third-order valence-electron chi connectivity index (χ3n) is 4.46. The fourth-order valence-corrected chi connectivity index (χ4v) is 3.44. The maximum Gasteiger partial charge on any atom is 0.0586 e. The van der Waals surface area contributed by atoms with Crippen molar-refractivity contribution in [3.05, 3.63) is 0 Å². The Balaban J connectivity index is 1.86. The Morgan fingerprint density at radius 1 is 1.19 bits per heavy atom. The second kappa shape index (κ2) is 5.99. The number of aliphatic hydroxyl groups is 1. The van der Waals surface area contributed by atoms with Crippen LogP contribution in [-0.2, 0) is 0 Å². The molecule has 2 N–H and O–H groups in total. The van der Waals surface area contributed by atoms with Gasteiger partial charge in [-0.15, -0.1) is 0 Å². The lowest BCUT2D eigenvalue weighted by Crippen LogP contribution is -2.46. The molecule has 3 nitrogen and oxygen atoms in total. The molecule has 1 aliphatic carbocycles. The summed E-state index contributed by atoms with van der Waals surface area (Å²) in [6.07, 6.45) is 7.86. The molecule has 3 atom stereocenters. The van der Waals surface area contributed by atoms with Crippen molar-refractivity contribution in [1.82, 2.24) is 10.2 Å². The number of nitrogens with zero attached hydrogens (tertiary/aromatic N) is 1. The Bertz CT molecular complexity index is 210. The van der Waals surface area contributed by atoms with Crippen LogP contribution in [0.2, 0.25) is 0 Å². The van der Waals surface area contributed by atoms with Crippen LogP contribution in [0.3, 0.4) is 0 Å². The number of piperidine rings is 1. The molecule has 0 bridgehead atoms. The van der Waals surface area contributed by atoms with Crippen LogP contribution in [0.15, 0.2) is 0 Å². The highest BCUT2D eigenvalue weighted by Crippen LogP contribution is 2.28. The number of hydrogen-bond donors (Lipinski definition) is 2. The molecule has 94 valence electrons. The van der Waals surface area contributed by atoms with Crippen molar-refractivity contribution in [2.24, 2.45) is 5.92 Å². The van der Waals surface area contributed by atoms with Crippen molar-refractivity contribution in [2.75, 3.05) is 26.7 Å². The summed E-state index contributed by atoms with van der Waals surface area (Å²) in [7, 11) is 2.09. The van der Waals surface area contributed by atoms with Crippen LogP contribution in [0.4, 0.5) is 0 Å². The molecule has 0 amide bonds. The van der Waals surface area contributed by atoms with E-state index in [1.807, 2.05) is 0 Å². The summed E-state index contributed by atoms with van der Waals surface area (Å²) in [6, 6.07) is 1.15.